The van der Waals surface area contributed by atoms with Crippen LogP contribution in [0.25, 0.3) is 16.5 Å². The molecule has 0 saturated carbocycles. The highest BCUT2D eigenvalue weighted by atomic mass is 16.5. The molecular formula is C51H52N4O7. The van der Waals surface area contributed by atoms with Crippen molar-refractivity contribution in [3.8, 4) is 5.75 Å². The van der Waals surface area contributed by atoms with Gasteiger partial charge in [0.05, 0.1) is 18.2 Å². The first-order valence-corrected chi connectivity index (χ1v) is 21.3. The van der Waals surface area contributed by atoms with E-state index in [9.17, 15) is 29.7 Å². The Labute approximate surface area is 360 Å². The molecule has 62 heavy (non-hydrogen) atoms. The Kier molecular flexibility index (Phi) is 13.1. The number of piperidine rings is 1. The zero-order valence-corrected chi connectivity index (χ0v) is 34.6. The summed E-state index contributed by atoms with van der Waals surface area (Å²) in [6.45, 7) is 4.60. The Morgan fingerprint density at radius 1 is 0.823 bits per heavy atom. The van der Waals surface area contributed by atoms with Gasteiger partial charge < -0.3 is 35.3 Å². The van der Waals surface area contributed by atoms with Crippen LogP contribution in [0.4, 0.5) is 0 Å². The number of pyridine rings is 1. The molecule has 0 aliphatic carbocycles. The van der Waals surface area contributed by atoms with Crippen molar-refractivity contribution in [1.82, 2.24) is 20.1 Å². The molecule has 2 unspecified atom stereocenters. The molecule has 5 N–H and O–H groups in total. The number of aromatic amines is 1. The third-order valence-corrected chi connectivity index (χ3v) is 12.2. The zero-order chi connectivity index (χ0) is 43.1. The van der Waals surface area contributed by atoms with Gasteiger partial charge in [-0.2, -0.15) is 0 Å². The number of phenolic OH excluding ortho intramolecular Hbond substituents is 1. The Bertz CT molecular complexity index is 2590. The molecule has 1 saturated heterocycles. The van der Waals surface area contributed by atoms with Crippen LogP contribution in [-0.4, -0.2) is 81.3 Å². The van der Waals surface area contributed by atoms with Crippen LogP contribution in [0, 0.1) is 5.92 Å². The van der Waals surface area contributed by atoms with E-state index in [0.29, 0.717) is 53.7 Å². The second-order valence-electron chi connectivity index (χ2n) is 16.3. The molecule has 2 aliphatic rings. The third-order valence-electron chi connectivity index (χ3n) is 12.2. The van der Waals surface area contributed by atoms with E-state index in [1.807, 2.05) is 48.5 Å². The molecule has 8 rings (SSSR count). The highest BCUT2D eigenvalue weighted by Crippen LogP contribution is 2.35. The highest BCUT2D eigenvalue weighted by Gasteiger charge is 2.42. The number of H-pyrrole nitrogens is 1. The average molecular weight is 833 g/mol. The van der Waals surface area contributed by atoms with Crippen LogP contribution in [-0.2, 0) is 28.2 Å². The number of aliphatic hydroxyl groups is 2. The largest absolute Gasteiger partial charge is 0.506 e. The first-order chi connectivity index (χ1) is 30.2. The maximum atomic E-state index is 14.0. The number of ether oxygens (including phenoxy) is 1. The van der Waals surface area contributed by atoms with Crippen molar-refractivity contribution in [3.63, 3.8) is 0 Å². The van der Waals surface area contributed by atoms with Crippen LogP contribution in [0.1, 0.15) is 69.1 Å². The van der Waals surface area contributed by atoms with E-state index < -0.39 is 17.7 Å². The molecule has 3 heterocycles. The number of aromatic hydroxyl groups is 1. The number of fused-ring (bicyclic) bond motifs is 1. The maximum Gasteiger partial charge on any atom is 0.347 e. The summed E-state index contributed by atoms with van der Waals surface area (Å²) in [6, 6.07) is 40.3. The Morgan fingerprint density at radius 3 is 2.27 bits per heavy atom. The molecule has 1 aromatic heterocycles. The van der Waals surface area contributed by atoms with Crippen LogP contribution in [0.5, 0.6) is 5.75 Å². The molecule has 1 fully saturated rings. The lowest BCUT2D eigenvalue weighted by molar-refractivity contribution is -0.164. The Hall–Kier alpha value is -6.37. The van der Waals surface area contributed by atoms with Crippen molar-refractivity contribution in [1.29, 1.82) is 0 Å². The highest BCUT2D eigenvalue weighted by molar-refractivity contribution is 5.95. The van der Waals surface area contributed by atoms with Gasteiger partial charge in [-0.15, -0.1) is 0 Å². The molecule has 11 nitrogen and oxygen atoms in total. The zero-order valence-electron chi connectivity index (χ0n) is 34.6. The molecule has 6 aromatic rings. The number of hydrogen-bond acceptors (Lipinski definition) is 9. The van der Waals surface area contributed by atoms with Gasteiger partial charge in [-0.25, -0.2) is 4.79 Å². The molecule has 11 heteroatoms. The summed E-state index contributed by atoms with van der Waals surface area (Å²) in [5.41, 5.74) is 4.09. The number of carbonyl (C=O) groups excluding carboxylic acids is 2. The SMILES string of the molecule is O=C(c1ccc(CNCC(O)c2ccc(O)c3[nH]c(=O)ccc23)cc1)N1CC=C(c2cccc(C(O)(C(=O)OCC3CCN(Cc4ccccc4)CC3)c3ccccc3)c2)CC1. The predicted molar refractivity (Wildman–Crippen MR) is 239 cm³/mol. The van der Waals surface area contributed by atoms with E-state index in [1.54, 1.807) is 59.5 Å². The van der Waals surface area contributed by atoms with E-state index in [0.717, 1.165) is 49.2 Å². The summed E-state index contributed by atoms with van der Waals surface area (Å²) in [6.07, 6.45) is 3.57. The minimum Gasteiger partial charge on any atom is -0.506 e. The summed E-state index contributed by atoms with van der Waals surface area (Å²) < 4.78 is 5.95. The lowest BCUT2D eigenvalue weighted by Gasteiger charge is -2.33. The Balaban J connectivity index is 0.864. The van der Waals surface area contributed by atoms with Crippen molar-refractivity contribution in [3.05, 3.63) is 189 Å². The number of aromatic nitrogens is 1. The van der Waals surface area contributed by atoms with Gasteiger partial charge in [0.15, 0.2) is 0 Å². The van der Waals surface area contributed by atoms with Gasteiger partial charge >= 0.3 is 5.97 Å². The molecule has 318 valence electrons. The van der Waals surface area contributed by atoms with Crippen molar-refractivity contribution in [2.45, 2.75) is 44.1 Å². The van der Waals surface area contributed by atoms with Gasteiger partial charge in [-0.05, 0) is 102 Å². The van der Waals surface area contributed by atoms with Crippen molar-refractivity contribution < 1.29 is 29.6 Å². The fourth-order valence-corrected chi connectivity index (χ4v) is 8.55. The molecule has 5 aromatic carbocycles. The number of nitrogens with one attached hydrogen (secondary N) is 2. The molecular weight excluding hydrogens is 781 g/mol. The summed E-state index contributed by atoms with van der Waals surface area (Å²) in [5.74, 6) is -0.618. The number of esters is 1. The molecule has 0 bridgehead atoms. The molecule has 0 spiro atoms. The van der Waals surface area contributed by atoms with E-state index in [1.165, 1.54) is 17.7 Å². The number of phenols is 1. The quantitative estimate of drug-likeness (QED) is 0.0757. The molecule has 0 radical (unpaired) electrons. The summed E-state index contributed by atoms with van der Waals surface area (Å²) in [4.78, 5) is 46.2. The number of amides is 1. The van der Waals surface area contributed by atoms with Crippen LogP contribution in [0.15, 0.2) is 144 Å². The van der Waals surface area contributed by atoms with Gasteiger partial charge in [-0.1, -0.05) is 103 Å². The van der Waals surface area contributed by atoms with E-state index >= 15 is 0 Å². The van der Waals surface area contributed by atoms with Crippen LogP contribution < -0.4 is 10.9 Å². The summed E-state index contributed by atoms with van der Waals surface area (Å²) >= 11 is 0. The topological polar surface area (TPSA) is 155 Å². The minimum absolute atomic E-state index is 0.0622. The maximum absolute atomic E-state index is 14.0. The van der Waals surface area contributed by atoms with Gasteiger partial charge in [0, 0.05) is 55.3 Å². The van der Waals surface area contributed by atoms with Gasteiger partial charge in [0.25, 0.3) is 5.91 Å². The van der Waals surface area contributed by atoms with Gasteiger partial charge in [0.2, 0.25) is 11.2 Å². The monoisotopic (exact) mass is 832 g/mol. The summed E-state index contributed by atoms with van der Waals surface area (Å²) in [7, 11) is 0. The number of hydrogen-bond donors (Lipinski definition) is 5. The number of benzene rings is 5. The number of nitrogens with zero attached hydrogens (tertiary/aromatic N) is 2. The smallest absolute Gasteiger partial charge is 0.347 e. The minimum atomic E-state index is -2.01. The van der Waals surface area contributed by atoms with Crippen LogP contribution >= 0.6 is 0 Å². The average Bonchev–Trinajstić information content (AvgIpc) is 3.32. The van der Waals surface area contributed by atoms with Crippen LogP contribution in [0.3, 0.4) is 0 Å². The lowest BCUT2D eigenvalue weighted by Crippen LogP contribution is -2.40. The number of carbonyl (C=O) groups is 2. The fourth-order valence-electron chi connectivity index (χ4n) is 8.55. The summed E-state index contributed by atoms with van der Waals surface area (Å²) in [5, 5.41) is 37.2. The normalized spacial score (nSPS) is 16.4. The van der Waals surface area contributed by atoms with E-state index in [4.69, 9.17) is 4.74 Å². The fraction of sp³-hybridized carbons (Fsp3) is 0.275. The van der Waals surface area contributed by atoms with E-state index in [2.05, 4.69) is 39.5 Å². The third kappa shape index (κ3) is 9.56. The lowest BCUT2D eigenvalue weighted by atomic mass is 9.84. The van der Waals surface area contributed by atoms with Crippen molar-refractivity contribution >= 4 is 28.4 Å². The van der Waals surface area contributed by atoms with Gasteiger partial charge in [-0.3, -0.25) is 14.5 Å². The van der Waals surface area contributed by atoms with Crippen LogP contribution in [0.2, 0.25) is 0 Å². The van der Waals surface area contributed by atoms with Gasteiger partial charge in [0.1, 0.15) is 5.75 Å². The second kappa shape index (κ2) is 19.1. The number of aliphatic hydroxyl groups excluding tert-OH is 1. The molecule has 2 atom stereocenters. The number of likely N-dealkylation sites (tertiary alicyclic amines) is 1. The molecule has 2 aliphatic heterocycles. The van der Waals surface area contributed by atoms with Crippen molar-refractivity contribution in [2.24, 2.45) is 5.92 Å². The first kappa shape index (κ1) is 42.3. The Morgan fingerprint density at radius 2 is 1.55 bits per heavy atom. The number of rotatable bonds is 14. The van der Waals surface area contributed by atoms with Crippen molar-refractivity contribution in [2.75, 3.05) is 39.3 Å². The van der Waals surface area contributed by atoms with E-state index in [-0.39, 0.29) is 41.8 Å². The molecule has 1 amide bonds. The predicted octanol–water partition coefficient (Wildman–Crippen LogP) is 6.68. The second-order valence-corrected chi connectivity index (χ2v) is 16.3. The first-order valence-electron chi connectivity index (χ1n) is 21.3. The standard InChI is InChI=1S/C51H52N4O7/c56-45-20-18-43(44-19-21-47(58)53-48(44)45)46(57)32-52-31-35-14-16-39(17-15-35)49(59)55-28-24-38(25-29-55)40-10-7-13-42(30-40)51(61,41-11-5-2-6-12-41)50(60)62-34-37-22-26-54(27-23-37)33-36-8-3-1-4-9-36/h1-21,24,30,37,46,52,56-57,61H,22-23,25-29,31-34H2,(H,53,58).